The number of carbonyl (C=O) groups is 1. The molecule has 5 heteroatoms. The van der Waals surface area contributed by atoms with Crippen LogP contribution < -0.4 is 0 Å². The predicted molar refractivity (Wildman–Crippen MR) is 59.1 cm³/mol. The van der Waals surface area contributed by atoms with Gasteiger partial charge in [-0.2, -0.15) is 0 Å². The summed E-state index contributed by atoms with van der Waals surface area (Å²) in [5, 5.41) is 10.6. The van der Waals surface area contributed by atoms with Crippen LogP contribution >= 0.6 is 11.8 Å². The minimum Gasteiger partial charge on any atom is -0.303 e. The lowest BCUT2D eigenvalue weighted by Gasteiger charge is -2.06. The van der Waals surface area contributed by atoms with E-state index in [1.165, 1.54) is 23.9 Å². The van der Waals surface area contributed by atoms with E-state index in [1.807, 2.05) is 6.92 Å². The van der Waals surface area contributed by atoms with E-state index in [9.17, 15) is 14.9 Å². The minimum absolute atomic E-state index is 0.0855. The van der Waals surface area contributed by atoms with Crippen LogP contribution in [0.3, 0.4) is 0 Å². The highest BCUT2D eigenvalue weighted by Crippen LogP contribution is 2.26. The smallest absolute Gasteiger partial charge is 0.269 e. The van der Waals surface area contributed by atoms with Crippen molar-refractivity contribution < 1.29 is 9.72 Å². The molecule has 0 bridgehead atoms. The van der Waals surface area contributed by atoms with Crippen LogP contribution in [0, 0.1) is 10.1 Å². The van der Waals surface area contributed by atoms with Gasteiger partial charge in [-0.15, -0.1) is 11.8 Å². The molecule has 0 aliphatic carbocycles. The molecule has 0 amide bonds. The summed E-state index contributed by atoms with van der Waals surface area (Å²) in [6, 6.07) is 6.33. The molecule has 0 saturated carbocycles. The molecule has 1 rings (SSSR count). The Morgan fingerprint density at radius 3 is 2.53 bits per heavy atom. The standard InChI is InChI=1S/C10H11NO3S/c1-8(6-7-12)15-10-4-2-9(3-5-10)11(13)14/h2-5,7-8H,6H2,1H3. The zero-order valence-electron chi connectivity index (χ0n) is 8.25. The van der Waals surface area contributed by atoms with Gasteiger partial charge in [0.25, 0.3) is 5.69 Å². The normalized spacial score (nSPS) is 12.1. The molecule has 4 nitrogen and oxygen atoms in total. The van der Waals surface area contributed by atoms with E-state index < -0.39 is 4.92 Å². The fourth-order valence-corrected chi connectivity index (χ4v) is 1.99. The third kappa shape index (κ3) is 3.71. The molecule has 0 heterocycles. The fourth-order valence-electron chi connectivity index (χ4n) is 1.06. The molecule has 0 aliphatic heterocycles. The number of hydrogen-bond donors (Lipinski definition) is 0. The Morgan fingerprint density at radius 2 is 2.07 bits per heavy atom. The summed E-state index contributed by atoms with van der Waals surface area (Å²) in [5.41, 5.74) is 0.0855. The Morgan fingerprint density at radius 1 is 1.47 bits per heavy atom. The first-order valence-corrected chi connectivity index (χ1v) is 5.36. The average molecular weight is 225 g/mol. The van der Waals surface area contributed by atoms with Crippen molar-refractivity contribution in [3.8, 4) is 0 Å². The van der Waals surface area contributed by atoms with Gasteiger partial charge in [-0.05, 0) is 12.1 Å². The summed E-state index contributed by atoms with van der Waals surface area (Å²) in [6.07, 6.45) is 1.37. The molecular formula is C10H11NO3S. The lowest BCUT2D eigenvalue weighted by atomic mass is 10.3. The maximum atomic E-state index is 10.4. The minimum atomic E-state index is -0.427. The summed E-state index contributed by atoms with van der Waals surface area (Å²) in [7, 11) is 0. The van der Waals surface area contributed by atoms with Crippen LogP contribution in [0.2, 0.25) is 0 Å². The summed E-state index contributed by atoms with van der Waals surface area (Å²) in [6.45, 7) is 1.94. The summed E-state index contributed by atoms with van der Waals surface area (Å²) < 4.78 is 0. The number of benzene rings is 1. The Kier molecular flexibility index (Phi) is 4.30. The second-order valence-electron chi connectivity index (χ2n) is 3.08. The Balaban J connectivity index is 2.64. The van der Waals surface area contributed by atoms with Crippen molar-refractivity contribution in [3.63, 3.8) is 0 Å². The van der Waals surface area contributed by atoms with E-state index in [4.69, 9.17) is 0 Å². The summed E-state index contributed by atoms with van der Waals surface area (Å²) in [5.74, 6) is 0. The first kappa shape index (κ1) is 11.7. The molecule has 80 valence electrons. The van der Waals surface area contributed by atoms with Gasteiger partial charge >= 0.3 is 0 Å². The van der Waals surface area contributed by atoms with Crippen LogP contribution in [-0.4, -0.2) is 16.5 Å². The highest BCUT2D eigenvalue weighted by Gasteiger charge is 2.07. The van der Waals surface area contributed by atoms with Gasteiger partial charge in [-0.25, -0.2) is 0 Å². The quantitative estimate of drug-likeness (QED) is 0.334. The summed E-state index contributed by atoms with van der Waals surface area (Å²) >= 11 is 1.53. The van der Waals surface area contributed by atoms with Crippen molar-refractivity contribution in [3.05, 3.63) is 34.4 Å². The molecular weight excluding hydrogens is 214 g/mol. The number of nitrogens with zero attached hydrogens (tertiary/aromatic N) is 1. The molecule has 1 atom stereocenters. The monoisotopic (exact) mass is 225 g/mol. The fraction of sp³-hybridized carbons (Fsp3) is 0.300. The molecule has 1 aromatic carbocycles. The zero-order valence-corrected chi connectivity index (χ0v) is 9.07. The molecule has 1 unspecified atom stereocenters. The van der Waals surface area contributed by atoms with E-state index in [2.05, 4.69) is 0 Å². The number of aldehydes is 1. The van der Waals surface area contributed by atoms with Gasteiger partial charge in [-0.1, -0.05) is 6.92 Å². The number of carbonyl (C=O) groups excluding carboxylic acids is 1. The average Bonchev–Trinajstić information content (AvgIpc) is 2.18. The van der Waals surface area contributed by atoms with Crippen LogP contribution in [0.15, 0.2) is 29.2 Å². The predicted octanol–water partition coefficient (Wildman–Crippen LogP) is 2.66. The van der Waals surface area contributed by atoms with Crippen molar-refractivity contribution in [2.45, 2.75) is 23.5 Å². The molecule has 0 radical (unpaired) electrons. The number of rotatable bonds is 5. The van der Waals surface area contributed by atoms with Crippen molar-refractivity contribution in [2.24, 2.45) is 0 Å². The van der Waals surface area contributed by atoms with Crippen LogP contribution in [0.5, 0.6) is 0 Å². The number of nitro benzene ring substituents is 1. The molecule has 0 spiro atoms. The Hall–Kier alpha value is -1.36. The third-order valence-corrected chi connectivity index (χ3v) is 2.95. The number of nitro groups is 1. The largest absolute Gasteiger partial charge is 0.303 e. The van der Waals surface area contributed by atoms with Gasteiger partial charge in [0.2, 0.25) is 0 Å². The second kappa shape index (κ2) is 5.50. The van der Waals surface area contributed by atoms with Crippen molar-refractivity contribution in [1.29, 1.82) is 0 Å². The number of hydrogen-bond acceptors (Lipinski definition) is 4. The third-order valence-electron chi connectivity index (χ3n) is 1.81. The van der Waals surface area contributed by atoms with Crippen LogP contribution in [0.25, 0.3) is 0 Å². The van der Waals surface area contributed by atoms with E-state index >= 15 is 0 Å². The Labute approximate surface area is 91.8 Å². The van der Waals surface area contributed by atoms with Gasteiger partial charge in [0.1, 0.15) is 6.29 Å². The molecule has 0 fully saturated rings. The van der Waals surface area contributed by atoms with Gasteiger partial charge in [0, 0.05) is 28.7 Å². The molecule has 0 N–H and O–H groups in total. The maximum Gasteiger partial charge on any atom is 0.269 e. The number of thioether (sulfide) groups is 1. The molecule has 0 aliphatic rings. The van der Waals surface area contributed by atoms with E-state index in [-0.39, 0.29) is 10.9 Å². The van der Waals surface area contributed by atoms with Crippen LogP contribution in [-0.2, 0) is 4.79 Å². The van der Waals surface area contributed by atoms with Gasteiger partial charge < -0.3 is 4.79 Å². The molecule has 15 heavy (non-hydrogen) atoms. The van der Waals surface area contributed by atoms with E-state index in [1.54, 1.807) is 12.1 Å². The van der Waals surface area contributed by atoms with Gasteiger partial charge in [-0.3, -0.25) is 10.1 Å². The lowest BCUT2D eigenvalue weighted by Crippen LogP contribution is -1.96. The zero-order chi connectivity index (χ0) is 11.3. The van der Waals surface area contributed by atoms with Crippen LogP contribution in [0.4, 0.5) is 5.69 Å². The van der Waals surface area contributed by atoms with Crippen molar-refractivity contribution >= 4 is 23.7 Å². The van der Waals surface area contributed by atoms with E-state index in [0.717, 1.165) is 11.2 Å². The van der Waals surface area contributed by atoms with Gasteiger partial charge in [0.15, 0.2) is 0 Å². The van der Waals surface area contributed by atoms with E-state index in [0.29, 0.717) is 6.42 Å². The van der Waals surface area contributed by atoms with Crippen LogP contribution in [0.1, 0.15) is 13.3 Å². The highest BCUT2D eigenvalue weighted by atomic mass is 32.2. The first-order chi connectivity index (χ1) is 7.13. The van der Waals surface area contributed by atoms with Gasteiger partial charge in [0.05, 0.1) is 4.92 Å². The maximum absolute atomic E-state index is 10.4. The molecule has 0 aromatic heterocycles. The van der Waals surface area contributed by atoms with Crippen molar-refractivity contribution in [1.82, 2.24) is 0 Å². The number of non-ortho nitro benzene ring substituents is 1. The summed E-state index contributed by atoms with van der Waals surface area (Å²) in [4.78, 5) is 21.1. The second-order valence-corrected chi connectivity index (χ2v) is 4.59. The molecule has 1 aromatic rings. The topological polar surface area (TPSA) is 60.2 Å². The first-order valence-electron chi connectivity index (χ1n) is 4.48. The Bertz CT molecular complexity index is 350. The molecule has 0 saturated heterocycles. The van der Waals surface area contributed by atoms with Crippen molar-refractivity contribution in [2.75, 3.05) is 0 Å². The SMILES string of the molecule is CC(CC=O)Sc1ccc([N+](=O)[O-])cc1. The lowest BCUT2D eigenvalue weighted by molar-refractivity contribution is -0.384. The highest BCUT2D eigenvalue weighted by molar-refractivity contribution is 8.00.